The molecule has 2 aromatic rings. The fraction of sp³-hybridized carbons (Fsp3) is 0.613. The second-order valence-electron chi connectivity index (χ2n) is 11.2. The topological polar surface area (TPSA) is 37.0 Å². The summed E-state index contributed by atoms with van der Waals surface area (Å²) in [4.78, 5) is 5.41. The Morgan fingerprint density at radius 1 is 1.03 bits per heavy atom. The Hall–Kier alpha value is -1.92. The van der Waals surface area contributed by atoms with Crippen LogP contribution in [0.4, 0.5) is 0 Å². The van der Waals surface area contributed by atoms with E-state index in [0.717, 1.165) is 77.3 Å². The Labute approximate surface area is 219 Å². The van der Waals surface area contributed by atoms with Crippen molar-refractivity contribution in [1.82, 2.24) is 15.1 Å². The summed E-state index contributed by atoms with van der Waals surface area (Å²) in [7, 11) is 1.99. The van der Waals surface area contributed by atoms with Gasteiger partial charge >= 0.3 is 0 Å². The van der Waals surface area contributed by atoms with Gasteiger partial charge in [-0.25, -0.2) is 0 Å². The molecule has 2 aliphatic rings. The van der Waals surface area contributed by atoms with Crippen molar-refractivity contribution in [2.75, 3.05) is 52.9 Å². The van der Waals surface area contributed by atoms with Crippen LogP contribution in [-0.4, -0.2) is 73.9 Å². The maximum Gasteiger partial charge on any atom is 0.125 e. The third kappa shape index (κ3) is 7.10. The number of nitrogens with one attached hydrogen (secondary N) is 1. The monoisotopic (exact) mass is 493 g/mol. The molecule has 0 saturated carbocycles. The largest absolute Gasteiger partial charge is 0.486 e. The van der Waals surface area contributed by atoms with Gasteiger partial charge in [-0.2, -0.15) is 0 Å². The van der Waals surface area contributed by atoms with E-state index in [-0.39, 0.29) is 11.7 Å². The molecule has 0 amide bonds. The highest BCUT2D eigenvalue weighted by Gasteiger charge is 2.44. The molecule has 2 heterocycles. The Morgan fingerprint density at radius 2 is 1.81 bits per heavy atom. The lowest BCUT2D eigenvalue weighted by molar-refractivity contribution is -0.128. The molecule has 2 aliphatic heterocycles. The average Bonchev–Trinajstić information content (AvgIpc) is 2.90. The van der Waals surface area contributed by atoms with E-state index in [1.165, 1.54) is 17.5 Å². The molecule has 5 nitrogen and oxygen atoms in total. The van der Waals surface area contributed by atoms with Crippen LogP contribution in [0.2, 0.25) is 0 Å². The highest BCUT2D eigenvalue weighted by molar-refractivity contribution is 5.30. The lowest BCUT2D eigenvalue weighted by Crippen LogP contribution is -2.61. The second-order valence-corrected chi connectivity index (χ2v) is 11.2. The van der Waals surface area contributed by atoms with Gasteiger partial charge in [0.05, 0.1) is 5.60 Å². The van der Waals surface area contributed by atoms with Crippen LogP contribution >= 0.6 is 0 Å². The van der Waals surface area contributed by atoms with Gasteiger partial charge in [0, 0.05) is 51.3 Å². The van der Waals surface area contributed by atoms with Gasteiger partial charge in [-0.1, -0.05) is 49.4 Å². The summed E-state index contributed by atoms with van der Waals surface area (Å²) in [6.45, 7) is 14.4. The molecule has 0 unspecified atom stereocenters. The number of hydrogen-bond donors (Lipinski definition) is 1. The summed E-state index contributed by atoms with van der Waals surface area (Å²) in [5, 5.41) is 3.26. The van der Waals surface area contributed by atoms with Crippen molar-refractivity contribution in [3.8, 4) is 5.75 Å². The van der Waals surface area contributed by atoms with E-state index in [4.69, 9.17) is 9.47 Å². The summed E-state index contributed by atoms with van der Waals surface area (Å²) in [6, 6.07) is 19.3. The summed E-state index contributed by atoms with van der Waals surface area (Å²) < 4.78 is 12.5. The zero-order valence-electron chi connectivity index (χ0n) is 23.0. The van der Waals surface area contributed by atoms with Crippen molar-refractivity contribution in [3.63, 3.8) is 0 Å². The number of benzene rings is 2. The molecule has 2 saturated heterocycles. The highest BCUT2D eigenvalue weighted by Crippen LogP contribution is 2.39. The molecule has 4 rings (SSSR count). The van der Waals surface area contributed by atoms with E-state index in [1.54, 1.807) is 0 Å². The predicted octanol–water partition coefficient (Wildman–Crippen LogP) is 5.31. The first kappa shape index (κ1) is 27.1. The Morgan fingerprint density at radius 3 is 2.50 bits per heavy atom. The third-order valence-electron chi connectivity index (χ3n) is 8.24. The molecule has 1 N–H and O–H groups in total. The summed E-state index contributed by atoms with van der Waals surface area (Å²) in [5.41, 5.74) is 2.88. The third-order valence-corrected chi connectivity index (χ3v) is 8.24. The first-order chi connectivity index (χ1) is 17.4. The normalized spacial score (nSPS) is 23.9. The van der Waals surface area contributed by atoms with Gasteiger partial charge < -0.3 is 19.7 Å². The number of rotatable bonds is 11. The van der Waals surface area contributed by atoms with Crippen LogP contribution in [0.5, 0.6) is 5.75 Å². The predicted molar refractivity (Wildman–Crippen MR) is 149 cm³/mol. The van der Waals surface area contributed by atoms with Crippen molar-refractivity contribution in [2.45, 2.75) is 70.1 Å². The Balaban J connectivity index is 1.30. The van der Waals surface area contributed by atoms with Gasteiger partial charge in [-0.3, -0.25) is 4.90 Å². The molecule has 0 aliphatic carbocycles. The van der Waals surface area contributed by atoms with Crippen LogP contribution in [-0.2, 0) is 11.2 Å². The smallest absolute Gasteiger partial charge is 0.125 e. The van der Waals surface area contributed by atoms with Gasteiger partial charge in [0.1, 0.15) is 11.9 Å². The molecule has 5 heteroatoms. The highest BCUT2D eigenvalue weighted by atomic mass is 16.5. The molecule has 198 valence electrons. The zero-order valence-corrected chi connectivity index (χ0v) is 23.0. The molecular formula is C31H47N3O2. The van der Waals surface area contributed by atoms with Gasteiger partial charge in [0.25, 0.3) is 0 Å². The van der Waals surface area contributed by atoms with Crippen molar-refractivity contribution in [3.05, 3.63) is 65.7 Å². The molecule has 2 aromatic carbocycles. The zero-order chi connectivity index (χ0) is 25.4. The van der Waals surface area contributed by atoms with E-state index in [1.807, 2.05) is 7.05 Å². The minimum absolute atomic E-state index is 0.00888. The standard InChI is InChI=1S/C31H47N3O2/c1-5-31(16-23-35-30(2,3)25-31)34-21-19-33(20-22-34)18-15-26-10-9-13-28(24-26)36-29(14-17-32-4)27-11-7-6-8-12-27/h6-13,24,29,32H,5,14-23,25H2,1-4H3/t29-,31+/m1/s1. The summed E-state index contributed by atoms with van der Waals surface area (Å²) >= 11 is 0. The van der Waals surface area contributed by atoms with Crippen LogP contribution in [0.25, 0.3) is 0 Å². The minimum atomic E-state index is -0.00888. The number of hydrogen-bond acceptors (Lipinski definition) is 5. The summed E-state index contributed by atoms with van der Waals surface area (Å²) in [5.74, 6) is 0.967. The molecule has 36 heavy (non-hydrogen) atoms. The number of nitrogens with zero attached hydrogens (tertiary/aromatic N) is 2. The quantitative estimate of drug-likeness (QED) is 0.459. The van der Waals surface area contributed by atoms with Crippen molar-refractivity contribution in [2.24, 2.45) is 0 Å². The fourth-order valence-electron chi connectivity index (χ4n) is 6.15. The maximum absolute atomic E-state index is 6.49. The fourth-order valence-corrected chi connectivity index (χ4v) is 6.15. The van der Waals surface area contributed by atoms with Gasteiger partial charge in [0.2, 0.25) is 0 Å². The molecule has 2 atom stereocenters. The first-order valence-electron chi connectivity index (χ1n) is 14.0. The van der Waals surface area contributed by atoms with Crippen LogP contribution in [0.15, 0.2) is 54.6 Å². The average molecular weight is 494 g/mol. The lowest BCUT2D eigenvalue weighted by atomic mass is 9.77. The molecule has 0 bridgehead atoms. The van der Waals surface area contributed by atoms with Crippen LogP contribution in [0.1, 0.15) is 63.7 Å². The van der Waals surface area contributed by atoms with E-state index in [0.29, 0.717) is 5.54 Å². The van der Waals surface area contributed by atoms with Crippen molar-refractivity contribution in [1.29, 1.82) is 0 Å². The van der Waals surface area contributed by atoms with Crippen LogP contribution in [0.3, 0.4) is 0 Å². The number of piperazine rings is 1. The van der Waals surface area contributed by atoms with E-state index in [2.05, 4.69) is 90.5 Å². The van der Waals surface area contributed by atoms with Crippen molar-refractivity contribution < 1.29 is 9.47 Å². The second kappa shape index (κ2) is 12.6. The molecule has 0 aromatic heterocycles. The summed E-state index contributed by atoms with van der Waals surface area (Å²) in [6.07, 6.45) is 5.58. The van der Waals surface area contributed by atoms with E-state index >= 15 is 0 Å². The van der Waals surface area contributed by atoms with Gasteiger partial charge in [0.15, 0.2) is 0 Å². The van der Waals surface area contributed by atoms with Crippen LogP contribution < -0.4 is 10.1 Å². The minimum Gasteiger partial charge on any atom is -0.486 e. The molecule has 2 fully saturated rings. The van der Waals surface area contributed by atoms with Gasteiger partial charge in [-0.05, 0) is 76.4 Å². The molecule has 0 spiro atoms. The molecule has 0 radical (unpaired) electrons. The number of ether oxygens (including phenoxy) is 2. The molecular weight excluding hydrogens is 446 g/mol. The Kier molecular flexibility index (Phi) is 9.46. The maximum atomic E-state index is 6.49. The first-order valence-corrected chi connectivity index (χ1v) is 14.0. The van der Waals surface area contributed by atoms with Gasteiger partial charge in [-0.15, -0.1) is 0 Å². The lowest BCUT2D eigenvalue weighted by Gasteiger charge is -2.53. The van der Waals surface area contributed by atoms with Crippen molar-refractivity contribution >= 4 is 0 Å². The van der Waals surface area contributed by atoms with E-state index < -0.39 is 0 Å². The SMILES string of the molecule is CC[C@]1(N2CCN(CCc3cccc(O[C@H](CCNC)c4ccccc4)c3)CC2)CCOC(C)(C)C1. The van der Waals surface area contributed by atoms with E-state index in [9.17, 15) is 0 Å². The van der Waals surface area contributed by atoms with Crippen LogP contribution in [0, 0.1) is 0 Å². The Bertz CT molecular complexity index is 926.